The topological polar surface area (TPSA) is 67.4 Å². The van der Waals surface area contributed by atoms with Crippen LogP contribution in [0.5, 0.6) is 11.5 Å². The van der Waals surface area contributed by atoms with Gasteiger partial charge in [-0.2, -0.15) is 0 Å². The first-order valence-corrected chi connectivity index (χ1v) is 11.4. The zero-order valence-electron chi connectivity index (χ0n) is 19.5. The molecule has 174 valence electrons. The largest absolute Gasteiger partial charge is 0.493 e. The van der Waals surface area contributed by atoms with E-state index in [-0.39, 0.29) is 0 Å². The first kappa shape index (κ1) is 23.7. The predicted molar refractivity (Wildman–Crippen MR) is 130 cm³/mol. The van der Waals surface area contributed by atoms with Gasteiger partial charge in [-0.25, -0.2) is 0 Å². The number of ether oxygens (including phenoxy) is 3. The molecule has 2 aromatic carbocycles. The number of guanidine groups is 1. The van der Waals surface area contributed by atoms with Crippen molar-refractivity contribution in [3.8, 4) is 11.5 Å². The molecule has 2 aromatic rings. The number of hydrogen-bond donors (Lipinski definition) is 2. The smallest absolute Gasteiger partial charge is 0.191 e. The summed E-state index contributed by atoms with van der Waals surface area (Å²) < 4.78 is 16.5. The SMILES string of the molecule is CCOc1cc(CCCNC(=NC)NCc2ccc(N3CCOCC3)cc2)ccc1OC. The summed E-state index contributed by atoms with van der Waals surface area (Å²) >= 11 is 0. The molecule has 7 nitrogen and oxygen atoms in total. The van der Waals surface area contributed by atoms with Gasteiger partial charge in [0.1, 0.15) is 0 Å². The van der Waals surface area contributed by atoms with E-state index in [1.807, 2.05) is 13.0 Å². The second-order valence-electron chi connectivity index (χ2n) is 7.64. The summed E-state index contributed by atoms with van der Waals surface area (Å²) in [6.45, 7) is 7.70. The number of nitrogens with one attached hydrogen (secondary N) is 2. The minimum atomic E-state index is 0.624. The third kappa shape index (κ3) is 7.05. The van der Waals surface area contributed by atoms with Crippen LogP contribution in [0.15, 0.2) is 47.5 Å². The van der Waals surface area contributed by atoms with E-state index in [1.54, 1.807) is 14.2 Å². The molecule has 1 aliphatic rings. The molecule has 0 unspecified atom stereocenters. The number of anilines is 1. The van der Waals surface area contributed by atoms with Crippen molar-refractivity contribution in [1.82, 2.24) is 10.6 Å². The minimum Gasteiger partial charge on any atom is -0.493 e. The van der Waals surface area contributed by atoms with E-state index in [0.717, 1.165) is 69.7 Å². The molecule has 7 heteroatoms. The highest BCUT2D eigenvalue weighted by Gasteiger charge is 2.11. The van der Waals surface area contributed by atoms with Gasteiger partial charge in [0, 0.05) is 38.9 Å². The zero-order chi connectivity index (χ0) is 22.6. The average molecular weight is 441 g/mol. The summed E-state index contributed by atoms with van der Waals surface area (Å²) in [6, 6.07) is 14.8. The lowest BCUT2D eigenvalue weighted by Gasteiger charge is -2.28. The normalized spacial score (nSPS) is 14.2. The van der Waals surface area contributed by atoms with Crippen LogP contribution in [0.25, 0.3) is 0 Å². The molecule has 0 aliphatic carbocycles. The first-order valence-electron chi connectivity index (χ1n) is 11.4. The lowest BCUT2D eigenvalue weighted by Crippen LogP contribution is -2.37. The number of nitrogens with zero attached hydrogens (tertiary/aromatic N) is 2. The Labute approximate surface area is 191 Å². The molecule has 0 atom stereocenters. The van der Waals surface area contributed by atoms with Gasteiger partial charge in [-0.05, 0) is 55.2 Å². The van der Waals surface area contributed by atoms with Crippen LogP contribution in [0.4, 0.5) is 5.69 Å². The second kappa shape index (κ2) is 12.8. The van der Waals surface area contributed by atoms with Crippen molar-refractivity contribution in [1.29, 1.82) is 0 Å². The van der Waals surface area contributed by atoms with E-state index in [4.69, 9.17) is 14.2 Å². The summed E-state index contributed by atoms with van der Waals surface area (Å²) in [5, 5.41) is 6.79. The van der Waals surface area contributed by atoms with Crippen molar-refractivity contribution in [2.75, 3.05) is 58.5 Å². The maximum Gasteiger partial charge on any atom is 0.191 e. The third-order valence-corrected chi connectivity index (χ3v) is 5.46. The highest BCUT2D eigenvalue weighted by atomic mass is 16.5. The van der Waals surface area contributed by atoms with Crippen LogP contribution in [0.1, 0.15) is 24.5 Å². The van der Waals surface area contributed by atoms with Crippen molar-refractivity contribution in [3.63, 3.8) is 0 Å². The molecular weight excluding hydrogens is 404 g/mol. The van der Waals surface area contributed by atoms with Crippen LogP contribution in [0.2, 0.25) is 0 Å². The first-order chi connectivity index (χ1) is 15.7. The van der Waals surface area contributed by atoms with Gasteiger partial charge in [0.2, 0.25) is 0 Å². The fourth-order valence-electron chi connectivity index (χ4n) is 3.70. The molecule has 1 fully saturated rings. The fraction of sp³-hybridized carbons (Fsp3) is 0.480. The fourth-order valence-corrected chi connectivity index (χ4v) is 3.70. The van der Waals surface area contributed by atoms with Gasteiger partial charge in [-0.1, -0.05) is 18.2 Å². The Morgan fingerprint density at radius 3 is 2.47 bits per heavy atom. The lowest BCUT2D eigenvalue weighted by atomic mass is 10.1. The third-order valence-electron chi connectivity index (χ3n) is 5.46. The maximum absolute atomic E-state index is 5.67. The zero-order valence-corrected chi connectivity index (χ0v) is 19.5. The van der Waals surface area contributed by atoms with Crippen LogP contribution in [0.3, 0.4) is 0 Å². The highest BCUT2D eigenvalue weighted by Crippen LogP contribution is 2.28. The molecule has 0 bridgehead atoms. The van der Waals surface area contributed by atoms with E-state index in [9.17, 15) is 0 Å². The van der Waals surface area contributed by atoms with Crippen LogP contribution >= 0.6 is 0 Å². The molecule has 3 rings (SSSR count). The van der Waals surface area contributed by atoms with Gasteiger partial charge in [0.25, 0.3) is 0 Å². The number of aryl methyl sites for hydroxylation is 1. The number of morpholine rings is 1. The van der Waals surface area contributed by atoms with Crippen molar-refractivity contribution >= 4 is 11.6 Å². The van der Waals surface area contributed by atoms with Gasteiger partial charge < -0.3 is 29.7 Å². The monoisotopic (exact) mass is 440 g/mol. The summed E-state index contributed by atoms with van der Waals surface area (Å²) in [6.07, 6.45) is 1.95. The van der Waals surface area contributed by atoms with Crippen LogP contribution < -0.4 is 25.0 Å². The van der Waals surface area contributed by atoms with Gasteiger partial charge in [-0.3, -0.25) is 4.99 Å². The molecule has 0 spiro atoms. The molecule has 0 radical (unpaired) electrons. The number of benzene rings is 2. The highest BCUT2D eigenvalue weighted by molar-refractivity contribution is 5.79. The lowest BCUT2D eigenvalue weighted by molar-refractivity contribution is 0.122. The van der Waals surface area contributed by atoms with Crippen LogP contribution in [-0.2, 0) is 17.7 Å². The summed E-state index contributed by atoms with van der Waals surface area (Å²) in [5.41, 5.74) is 3.72. The van der Waals surface area contributed by atoms with Crippen molar-refractivity contribution in [2.45, 2.75) is 26.3 Å². The van der Waals surface area contributed by atoms with Crippen LogP contribution in [-0.4, -0.2) is 59.6 Å². The Morgan fingerprint density at radius 2 is 1.78 bits per heavy atom. The van der Waals surface area contributed by atoms with Crippen LogP contribution in [0, 0.1) is 0 Å². The number of hydrogen-bond acceptors (Lipinski definition) is 5. The van der Waals surface area contributed by atoms with E-state index in [1.165, 1.54) is 16.8 Å². The Kier molecular flexibility index (Phi) is 9.50. The molecule has 1 saturated heterocycles. The van der Waals surface area contributed by atoms with E-state index in [0.29, 0.717) is 6.61 Å². The van der Waals surface area contributed by atoms with E-state index >= 15 is 0 Å². The van der Waals surface area contributed by atoms with Gasteiger partial charge in [-0.15, -0.1) is 0 Å². The Hall–Kier alpha value is -2.93. The average Bonchev–Trinajstić information content (AvgIpc) is 2.85. The number of methoxy groups -OCH3 is 1. The van der Waals surface area contributed by atoms with Crippen molar-refractivity contribution in [3.05, 3.63) is 53.6 Å². The van der Waals surface area contributed by atoms with Crippen molar-refractivity contribution < 1.29 is 14.2 Å². The molecular formula is C25H36N4O3. The Bertz CT molecular complexity index is 849. The molecule has 1 heterocycles. The molecule has 0 amide bonds. The number of rotatable bonds is 10. The summed E-state index contributed by atoms with van der Waals surface area (Å²) in [5.74, 6) is 2.39. The summed E-state index contributed by atoms with van der Waals surface area (Å²) in [4.78, 5) is 6.70. The predicted octanol–water partition coefficient (Wildman–Crippen LogP) is 3.23. The molecule has 32 heavy (non-hydrogen) atoms. The standard InChI is InChI=1S/C25H36N4O3/c1-4-32-24-18-20(9-12-23(24)30-3)6-5-13-27-25(26-2)28-19-21-7-10-22(11-8-21)29-14-16-31-17-15-29/h7-12,18H,4-6,13-17,19H2,1-3H3,(H2,26,27,28). The number of aliphatic imine (C=N–C) groups is 1. The maximum atomic E-state index is 5.67. The molecule has 0 saturated carbocycles. The Morgan fingerprint density at radius 1 is 1.03 bits per heavy atom. The minimum absolute atomic E-state index is 0.624. The molecule has 0 aromatic heterocycles. The second-order valence-corrected chi connectivity index (χ2v) is 7.64. The Balaban J connectivity index is 1.40. The molecule has 1 aliphatic heterocycles. The van der Waals surface area contributed by atoms with Gasteiger partial charge in [0.05, 0.1) is 26.9 Å². The van der Waals surface area contributed by atoms with Gasteiger partial charge >= 0.3 is 0 Å². The quantitative estimate of drug-likeness (QED) is 0.336. The van der Waals surface area contributed by atoms with Crippen molar-refractivity contribution in [2.24, 2.45) is 4.99 Å². The molecule has 2 N–H and O–H groups in total. The van der Waals surface area contributed by atoms with E-state index in [2.05, 4.69) is 56.9 Å². The summed E-state index contributed by atoms with van der Waals surface area (Å²) in [7, 11) is 3.47. The van der Waals surface area contributed by atoms with Gasteiger partial charge in [0.15, 0.2) is 17.5 Å². The van der Waals surface area contributed by atoms with E-state index < -0.39 is 0 Å².